The van der Waals surface area contributed by atoms with E-state index in [0.29, 0.717) is 18.5 Å². The molecule has 1 heterocycles. The SMILES string of the molecule is N#Cc1c(Br)cccc1N1CCCC(C(=O)O)C1. The van der Waals surface area contributed by atoms with Crippen molar-refractivity contribution in [1.29, 1.82) is 5.26 Å². The van der Waals surface area contributed by atoms with Gasteiger partial charge in [-0.3, -0.25) is 4.79 Å². The number of anilines is 1. The summed E-state index contributed by atoms with van der Waals surface area (Å²) in [5, 5.41) is 18.3. The van der Waals surface area contributed by atoms with Crippen molar-refractivity contribution >= 4 is 27.6 Å². The van der Waals surface area contributed by atoms with E-state index < -0.39 is 5.97 Å². The Morgan fingerprint density at radius 2 is 2.33 bits per heavy atom. The molecule has 1 atom stereocenters. The second kappa shape index (κ2) is 5.40. The molecular formula is C13H13BrN2O2. The number of benzene rings is 1. The van der Waals surface area contributed by atoms with Crippen LogP contribution in [0.3, 0.4) is 0 Å². The largest absolute Gasteiger partial charge is 0.481 e. The second-order valence-corrected chi connectivity index (χ2v) is 5.22. The molecule has 0 saturated carbocycles. The molecule has 1 fully saturated rings. The van der Waals surface area contributed by atoms with Crippen molar-refractivity contribution in [2.45, 2.75) is 12.8 Å². The van der Waals surface area contributed by atoms with Crippen molar-refractivity contribution in [2.75, 3.05) is 18.0 Å². The maximum atomic E-state index is 11.1. The summed E-state index contributed by atoms with van der Waals surface area (Å²) >= 11 is 3.35. The van der Waals surface area contributed by atoms with Crippen molar-refractivity contribution in [3.63, 3.8) is 0 Å². The molecule has 18 heavy (non-hydrogen) atoms. The fraction of sp³-hybridized carbons (Fsp3) is 0.385. The Labute approximate surface area is 114 Å². The first-order valence-electron chi connectivity index (χ1n) is 5.80. The Bertz CT molecular complexity index is 510. The number of carboxylic acids is 1. The van der Waals surface area contributed by atoms with Crippen LogP contribution in [0.15, 0.2) is 22.7 Å². The van der Waals surface area contributed by atoms with Gasteiger partial charge in [-0.15, -0.1) is 0 Å². The average Bonchev–Trinajstić information content (AvgIpc) is 2.38. The molecule has 5 heteroatoms. The van der Waals surface area contributed by atoms with E-state index in [0.717, 1.165) is 23.1 Å². The molecule has 1 aliphatic rings. The van der Waals surface area contributed by atoms with Crippen LogP contribution in [0.5, 0.6) is 0 Å². The number of rotatable bonds is 2. The second-order valence-electron chi connectivity index (χ2n) is 4.37. The maximum Gasteiger partial charge on any atom is 0.308 e. The monoisotopic (exact) mass is 308 g/mol. The van der Waals surface area contributed by atoms with Gasteiger partial charge in [0.05, 0.1) is 17.2 Å². The third-order valence-electron chi connectivity index (χ3n) is 3.21. The standard InChI is InChI=1S/C13H13BrN2O2/c14-11-4-1-5-12(10(11)7-15)16-6-2-3-9(8-16)13(17)18/h1,4-5,9H,2-3,6,8H2,(H,17,18). The zero-order valence-electron chi connectivity index (χ0n) is 9.77. The van der Waals surface area contributed by atoms with E-state index in [4.69, 9.17) is 5.11 Å². The van der Waals surface area contributed by atoms with E-state index in [-0.39, 0.29) is 5.92 Å². The summed E-state index contributed by atoms with van der Waals surface area (Å²) in [6.07, 6.45) is 1.55. The fourth-order valence-corrected chi connectivity index (χ4v) is 2.73. The van der Waals surface area contributed by atoms with Gasteiger partial charge in [0.15, 0.2) is 0 Å². The van der Waals surface area contributed by atoms with Gasteiger partial charge in [0.25, 0.3) is 0 Å². The van der Waals surface area contributed by atoms with Crippen LogP contribution in [0, 0.1) is 17.2 Å². The van der Waals surface area contributed by atoms with Gasteiger partial charge in [-0.05, 0) is 40.9 Å². The minimum Gasteiger partial charge on any atom is -0.481 e. The molecule has 0 bridgehead atoms. The van der Waals surface area contributed by atoms with E-state index in [1.807, 2.05) is 23.1 Å². The predicted octanol–water partition coefficient (Wildman–Crippen LogP) is 2.62. The number of nitrogens with zero attached hydrogens (tertiary/aromatic N) is 2. The highest BCUT2D eigenvalue weighted by Crippen LogP contribution is 2.30. The highest BCUT2D eigenvalue weighted by molar-refractivity contribution is 9.10. The van der Waals surface area contributed by atoms with Gasteiger partial charge in [-0.2, -0.15) is 5.26 Å². The number of hydrogen-bond acceptors (Lipinski definition) is 3. The molecule has 0 aromatic heterocycles. The number of hydrogen-bond donors (Lipinski definition) is 1. The molecule has 1 saturated heterocycles. The van der Waals surface area contributed by atoms with Gasteiger partial charge in [-0.1, -0.05) is 6.07 Å². The maximum absolute atomic E-state index is 11.1. The molecule has 94 valence electrons. The Balaban J connectivity index is 2.29. The van der Waals surface area contributed by atoms with E-state index >= 15 is 0 Å². The normalized spacial score (nSPS) is 19.3. The molecule has 0 amide bonds. The van der Waals surface area contributed by atoms with Gasteiger partial charge in [0.1, 0.15) is 6.07 Å². The Morgan fingerprint density at radius 3 is 3.00 bits per heavy atom. The van der Waals surface area contributed by atoms with Crippen LogP contribution in [-0.4, -0.2) is 24.2 Å². The van der Waals surface area contributed by atoms with E-state index in [1.54, 1.807) is 0 Å². The van der Waals surface area contributed by atoms with Gasteiger partial charge in [-0.25, -0.2) is 0 Å². The first-order valence-corrected chi connectivity index (χ1v) is 6.59. The molecule has 1 N–H and O–H groups in total. The lowest BCUT2D eigenvalue weighted by Gasteiger charge is -2.33. The molecule has 4 nitrogen and oxygen atoms in total. The molecule has 1 aromatic carbocycles. The van der Waals surface area contributed by atoms with Crippen LogP contribution in [0.4, 0.5) is 5.69 Å². The van der Waals surface area contributed by atoms with Crippen LogP contribution in [-0.2, 0) is 4.79 Å². The summed E-state index contributed by atoms with van der Waals surface area (Å²) in [6, 6.07) is 7.72. The number of nitriles is 1. The molecule has 1 aromatic rings. The Hall–Kier alpha value is -1.54. The molecule has 1 unspecified atom stereocenters. The lowest BCUT2D eigenvalue weighted by Crippen LogP contribution is -2.39. The predicted molar refractivity (Wildman–Crippen MR) is 71.4 cm³/mol. The average molecular weight is 309 g/mol. The molecule has 1 aliphatic heterocycles. The van der Waals surface area contributed by atoms with Gasteiger partial charge in [0, 0.05) is 17.6 Å². The topological polar surface area (TPSA) is 64.3 Å². The van der Waals surface area contributed by atoms with Crippen LogP contribution in [0.2, 0.25) is 0 Å². The lowest BCUT2D eigenvalue weighted by molar-refractivity contribution is -0.141. The summed E-state index contributed by atoms with van der Waals surface area (Å²) in [5.74, 6) is -1.10. The molecule has 0 aliphatic carbocycles. The first-order chi connectivity index (χ1) is 8.63. The van der Waals surface area contributed by atoms with Crippen molar-refractivity contribution in [3.05, 3.63) is 28.2 Å². The lowest BCUT2D eigenvalue weighted by atomic mass is 9.97. The number of aliphatic carboxylic acids is 1. The zero-order chi connectivity index (χ0) is 13.1. The Morgan fingerprint density at radius 1 is 1.56 bits per heavy atom. The van der Waals surface area contributed by atoms with E-state index in [2.05, 4.69) is 22.0 Å². The van der Waals surface area contributed by atoms with E-state index in [1.165, 1.54) is 0 Å². The number of carboxylic acid groups (broad SMARTS) is 1. The number of halogens is 1. The van der Waals surface area contributed by atoms with Crippen LogP contribution >= 0.6 is 15.9 Å². The molecule has 2 rings (SSSR count). The summed E-state index contributed by atoms with van der Waals surface area (Å²) in [5.41, 5.74) is 1.39. The van der Waals surface area contributed by atoms with Gasteiger partial charge in [0.2, 0.25) is 0 Å². The first kappa shape index (κ1) is 12.9. The molecule has 0 radical (unpaired) electrons. The van der Waals surface area contributed by atoms with Crippen LogP contribution in [0.25, 0.3) is 0 Å². The van der Waals surface area contributed by atoms with Crippen molar-refractivity contribution < 1.29 is 9.90 Å². The summed E-state index contributed by atoms with van der Waals surface area (Å²) in [7, 11) is 0. The number of piperidine rings is 1. The fourth-order valence-electron chi connectivity index (χ4n) is 2.28. The summed E-state index contributed by atoms with van der Waals surface area (Å²) in [6.45, 7) is 1.27. The Kier molecular flexibility index (Phi) is 3.87. The quantitative estimate of drug-likeness (QED) is 0.912. The van der Waals surface area contributed by atoms with Crippen molar-refractivity contribution in [3.8, 4) is 6.07 Å². The van der Waals surface area contributed by atoms with Crippen molar-refractivity contribution in [1.82, 2.24) is 0 Å². The highest BCUT2D eigenvalue weighted by atomic mass is 79.9. The highest BCUT2D eigenvalue weighted by Gasteiger charge is 2.26. The van der Waals surface area contributed by atoms with Gasteiger partial charge < -0.3 is 10.0 Å². The van der Waals surface area contributed by atoms with E-state index in [9.17, 15) is 10.1 Å². The summed E-state index contributed by atoms with van der Waals surface area (Å²) in [4.78, 5) is 13.0. The van der Waals surface area contributed by atoms with Crippen molar-refractivity contribution in [2.24, 2.45) is 5.92 Å². The minimum atomic E-state index is -0.756. The third kappa shape index (κ3) is 2.49. The van der Waals surface area contributed by atoms with Gasteiger partial charge >= 0.3 is 5.97 Å². The zero-order valence-corrected chi connectivity index (χ0v) is 11.4. The summed E-state index contributed by atoms with van der Waals surface area (Å²) < 4.78 is 0.750. The number of carbonyl (C=O) groups is 1. The van der Waals surface area contributed by atoms with Crippen LogP contribution < -0.4 is 4.90 Å². The molecule has 0 spiro atoms. The van der Waals surface area contributed by atoms with Crippen LogP contribution in [0.1, 0.15) is 18.4 Å². The smallest absolute Gasteiger partial charge is 0.308 e. The third-order valence-corrected chi connectivity index (χ3v) is 3.88. The molecular weight excluding hydrogens is 296 g/mol. The minimum absolute atomic E-state index is 0.343.